The molecule has 2 aromatic heterocycles. The van der Waals surface area contributed by atoms with Crippen LogP contribution in [0, 0.1) is 0 Å². The van der Waals surface area contributed by atoms with Gasteiger partial charge in [0.15, 0.2) is 5.76 Å². The Morgan fingerprint density at radius 1 is 0.966 bits per heavy atom. The number of aromatic nitrogens is 4. The molecule has 0 spiro atoms. The predicted octanol–water partition coefficient (Wildman–Crippen LogP) is 2.11. The van der Waals surface area contributed by atoms with Crippen LogP contribution in [0.25, 0.3) is 11.4 Å². The third kappa shape index (κ3) is 3.89. The highest BCUT2D eigenvalue weighted by Crippen LogP contribution is 2.17. The quantitative estimate of drug-likeness (QED) is 0.672. The molecule has 1 saturated heterocycles. The van der Waals surface area contributed by atoms with Gasteiger partial charge in [0.25, 0.3) is 11.8 Å². The van der Waals surface area contributed by atoms with Gasteiger partial charge in [-0.25, -0.2) is 0 Å². The molecule has 0 saturated carbocycles. The molecule has 4 rings (SSSR count). The van der Waals surface area contributed by atoms with E-state index in [0.717, 1.165) is 5.56 Å². The lowest BCUT2D eigenvalue weighted by molar-refractivity contribution is 0.0518. The molecule has 0 radical (unpaired) electrons. The zero-order valence-corrected chi connectivity index (χ0v) is 16.4. The number of carbonyl (C=O) groups excluding carboxylic acids is 2. The molecule has 0 bridgehead atoms. The molecular formula is C20H22N6O3. The fourth-order valence-electron chi connectivity index (χ4n) is 3.17. The van der Waals surface area contributed by atoms with Gasteiger partial charge in [-0.15, -0.1) is 10.2 Å². The van der Waals surface area contributed by atoms with E-state index in [-0.39, 0.29) is 17.9 Å². The van der Waals surface area contributed by atoms with Crippen molar-refractivity contribution in [1.82, 2.24) is 30.0 Å². The second-order valence-corrected chi connectivity index (χ2v) is 7.17. The van der Waals surface area contributed by atoms with Gasteiger partial charge in [0.1, 0.15) is 0 Å². The van der Waals surface area contributed by atoms with Crippen molar-refractivity contribution in [2.24, 2.45) is 0 Å². The summed E-state index contributed by atoms with van der Waals surface area (Å²) in [6.07, 6.45) is 1.48. The fourth-order valence-corrected chi connectivity index (χ4v) is 3.17. The van der Waals surface area contributed by atoms with E-state index >= 15 is 0 Å². The van der Waals surface area contributed by atoms with E-state index in [1.807, 2.05) is 26.0 Å². The lowest BCUT2D eigenvalue weighted by Crippen LogP contribution is -2.50. The molecular weight excluding hydrogens is 372 g/mol. The summed E-state index contributed by atoms with van der Waals surface area (Å²) in [6.45, 7) is 5.89. The maximum absolute atomic E-state index is 12.8. The molecule has 0 aliphatic carbocycles. The van der Waals surface area contributed by atoms with Gasteiger partial charge < -0.3 is 14.2 Å². The van der Waals surface area contributed by atoms with Crippen LogP contribution in [0.3, 0.4) is 0 Å². The molecule has 1 aromatic carbocycles. The molecule has 2 amide bonds. The van der Waals surface area contributed by atoms with Crippen molar-refractivity contribution in [3.63, 3.8) is 0 Å². The minimum atomic E-state index is -0.145. The maximum Gasteiger partial charge on any atom is 0.289 e. The molecule has 9 nitrogen and oxygen atoms in total. The second kappa shape index (κ2) is 7.86. The number of tetrazole rings is 1. The molecule has 1 aliphatic rings. The van der Waals surface area contributed by atoms with Crippen LogP contribution in [0.1, 0.15) is 40.8 Å². The summed E-state index contributed by atoms with van der Waals surface area (Å²) in [5.74, 6) is 0.653. The highest BCUT2D eigenvalue weighted by atomic mass is 16.3. The topological polar surface area (TPSA) is 97.4 Å². The van der Waals surface area contributed by atoms with Gasteiger partial charge >= 0.3 is 0 Å². The van der Waals surface area contributed by atoms with E-state index in [1.54, 1.807) is 38.9 Å². The number of furan rings is 1. The first-order chi connectivity index (χ1) is 14.0. The molecule has 1 fully saturated rings. The molecule has 0 atom stereocenters. The molecule has 3 aromatic rings. The Kier molecular flexibility index (Phi) is 5.11. The van der Waals surface area contributed by atoms with Gasteiger partial charge in [-0.2, -0.15) is 4.80 Å². The standard InChI is InChI=1S/C20H22N6O3/c1-14(2)26-22-18(21-23-26)15-5-7-16(8-6-15)19(27)24-9-11-25(12-10-24)20(28)17-4-3-13-29-17/h3-8,13-14H,9-12H2,1-2H3. The average Bonchev–Trinajstić information content (AvgIpc) is 3.45. The Balaban J connectivity index is 1.38. The van der Waals surface area contributed by atoms with Crippen LogP contribution in [-0.2, 0) is 0 Å². The number of rotatable bonds is 4. The third-order valence-corrected chi connectivity index (χ3v) is 4.87. The number of amides is 2. The highest BCUT2D eigenvalue weighted by Gasteiger charge is 2.26. The Hall–Kier alpha value is -3.49. The summed E-state index contributed by atoms with van der Waals surface area (Å²) >= 11 is 0. The molecule has 150 valence electrons. The van der Waals surface area contributed by atoms with Gasteiger partial charge in [0.2, 0.25) is 5.82 Å². The van der Waals surface area contributed by atoms with Crippen LogP contribution >= 0.6 is 0 Å². The largest absolute Gasteiger partial charge is 0.459 e. The summed E-state index contributed by atoms with van der Waals surface area (Å²) in [4.78, 5) is 30.2. The minimum Gasteiger partial charge on any atom is -0.459 e. The van der Waals surface area contributed by atoms with E-state index in [4.69, 9.17) is 4.42 Å². The van der Waals surface area contributed by atoms with E-state index in [9.17, 15) is 9.59 Å². The lowest BCUT2D eigenvalue weighted by Gasteiger charge is -2.34. The zero-order valence-electron chi connectivity index (χ0n) is 16.4. The number of hydrogen-bond donors (Lipinski definition) is 0. The maximum atomic E-state index is 12.8. The van der Waals surface area contributed by atoms with Crippen LogP contribution in [0.2, 0.25) is 0 Å². The van der Waals surface area contributed by atoms with E-state index in [1.165, 1.54) is 6.26 Å². The van der Waals surface area contributed by atoms with Crippen LogP contribution in [-0.4, -0.2) is 68.0 Å². The summed E-state index contributed by atoms with van der Waals surface area (Å²) < 4.78 is 5.17. The first kappa shape index (κ1) is 18.9. The van der Waals surface area contributed by atoms with Crippen LogP contribution in [0.4, 0.5) is 0 Å². The smallest absolute Gasteiger partial charge is 0.289 e. The number of piperazine rings is 1. The molecule has 0 unspecified atom stereocenters. The first-order valence-electron chi connectivity index (χ1n) is 9.55. The fraction of sp³-hybridized carbons (Fsp3) is 0.350. The number of hydrogen-bond acceptors (Lipinski definition) is 6. The van der Waals surface area contributed by atoms with Crippen LogP contribution < -0.4 is 0 Å². The monoisotopic (exact) mass is 394 g/mol. The Labute approximate surface area is 167 Å². The molecule has 3 heterocycles. The van der Waals surface area contributed by atoms with Gasteiger partial charge in [-0.05, 0) is 43.3 Å². The molecule has 9 heteroatoms. The number of benzene rings is 1. The highest BCUT2D eigenvalue weighted by molar-refractivity contribution is 5.95. The summed E-state index contributed by atoms with van der Waals surface area (Å²) in [7, 11) is 0. The third-order valence-electron chi connectivity index (χ3n) is 4.87. The Morgan fingerprint density at radius 2 is 1.62 bits per heavy atom. The van der Waals surface area contributed by atoms with Gasteiger partial charge in [0, 0.05) is 37.3 Å². The molecule has 0 N–H and O–H groups in total. The van der Waals surface area contributed by atoms with Crippen molar-refractivity contribution in [2.75, 3.05) is 26.2 Å². The molecule has 1 aliphatic heterocycles. The van der Waals surface area contributed by atoms with Crippen molar-refractivity contribution in [3.05, 3.63) is 54.0 Å². The van der Waals surface area contributed by atoms with E-state index < -0.39 is 0 Å². The van der Waals surface area contributed by atoms with Crippen molar-refractivity contribution in [2.45, 2.75) is 19.9 Å². The predicted molar refractivity (Wildman–Crippen MR) is 104 cm³/mol. The SMILES string of the molecule is CC(C)n1nnc(-c2ccc(C(=O)N3CCN(C(=O)c4ccco4)CC3)cc2)n1. The normalized spacial score (nSPS) is 14.4. The summed E-state index contributed by atoms with van der Waals surface area (Å²) in [6, 6.07) is 10.7. The van der Waals surface area contributed by atoms with Gasteiger partial charge in [-0.1, -0.05) is 12.1 Å². The van der Waals surface area contributed by atoms with Crippen LogP contribution in [0.5, 0.6) is 0 Å². The first-order valence-corrected chi connectivity index (χ1v) is 9.55. The summed E-state index contributed by atoms with van der Waals surface area (Å²) in [5, 5.41) is 12.4. The lowest BCUT2D eigenvalue weighted by atomic mass is 10.1. The van der Waals surface area contributed by atoms with Crippen molar-refractivity contribution in [3.8, 4) is 11.4 Å². The van der Waals surface area contributed by atoms with Crippen molar-refractivity contribution < 1.29 is 14.0 Å². The van der Waals surface area contributed by atoms with Crippen molar-refractivity contribution >= 4 is 11.8 Å². The summed E-state index contributed by atoms with van der Waals surface area (Å²) in [5.41, 5.74) is 1.40. The number of nitrogens with zero attached hydrogens (tertiary/aromatic N) is 6. The molecule has 29 heavy (non-hydrogen) atoms. The Bertz CT molecular complexity index is 986. The van der Waals surface area contributed by atoms with Crippen molar-refractivity contribution in [1.29, 1.82) is 0 Å². The second-order valence-electron chi connectivity index (χ2n) is 7.17. The van der Waals surface area contributed by atoms with Gasteiger partial charge in [-0.3, -0.25) is 9.59 Å². The van der Waals surface area contributed by atoms with Gasteiger partial charge in [0.05, 0.1) is 12.3 Å². The van der Waals surface area contributed by atoms with E-state index in [2.05, 4.69) is 15.4 Å². The average molecular weight is 394 g/mol. The number of carbonyl (C=O) groups is 2. The van der Waals surface area contributed by atoms with Crippen LogP contribution in [0.15, 0.2) is 47.1 Å². The zero-order chi connectivity index (χ0) is 20.4. The Morgan fingerprint density at radius 3 is 2.17 bits per heavy atom. The van der Waals surface area contributed by atoms with E-state index in [0.29, 0.717) is 43.3 Å². The minimum absolute atomic E-state index is 0.0551.